The minimum absolute atomic E-state index is 0.00100. The number of carbonyl (C=O) groups is 1. The number of carbonyl (C=O) groups excluding carboxylic acids is 1. The smallest absolute Gasteiger partial charge is 0.279 e. The second-order valence-corrected chi connectivity index (χ2v) is 7.99. The molecule has 0 unspecified atom stereocenters. The Balaban J connectivity index is 2.09. The van der Waals surface area contributed by atoms with Crippen LogP contribution in [0.4, 0.5) is 5.82 Å². The number of hydrogen-bond donors (Lipinski definition) is 1. The molecule has 1 aromatic carbocycles. The highest BCUT2D eigenvalue weighted by Gasteiger charge is 2.32. The zero-order valence-electron chi connectivity index (χ0n) is 17.0. The predicted octanol–water partition coefficient (Wildman–Crippen LogP) is 3.33. The number of thioether (sulfide) groups is 1. The number of rotatable bonds is 7. The number of amides is 1. The lowest BCUT2D eigenvalue weighted by molar-refractivity contribution is -0.116. The van der Waals surface area contributed by atoms with Crippen molar-refractivity contribution in [1.29, 1.82) is 0 Å². The average molecular weight is 416 g/mol. The number of aromatic nitrogens is 2. The van der Waals surface area contributed by atoms with Crippen molar-refractivity contribution in [3.8, 4) is 11.5 Å². The fourth-order valence-corrected chi connectivity index (χ4v) is 4.03. The molecule has 1 N–H and O–H groups in total. The van der Waals surface area contributed by atoms with Gasteiger partial charge in [-0.05, 0) is 31.5 Å². The summed E-state index contributed by atoms with van der Waals surface area (Å²) in [6.45, 7) is 7.57. The maximum absolute atomic E-state index is 12.9. The molecule has 1 amide bonds. The molecule has 0 fully saturated rings. The van der Waals surface area contributed by atoms with Crippen LogP contribution in [0.2, 0.25) is 0 Å². The van der Waals surface area contributed by atoms with Crippen LogP contribution in [0.25, 0.3) is 0 Å². The molecule has 1 aliphatic rings. The summed E-state index contributed by atoms with van der Waals surface area (Å²) in [4.78, 5) is 29.6. The monoisotopic (exact) mass is 415 g/mol. The van der Waals surface area contributed by atoms with Gasteiger partial charge in [-0.3, -0.25) is 9.59 Å². The van der Waals surface area contributed by atoms with E-state index in [2.05, 4.69) is 16.9 Å². The van der Waals surface area contributed by atoms with Gasteiger partial charge >= 0.3 is 0 Å². The van der Waals surface area contributed by atoms with Crippen LogP contribution in [0.5, 0.6) is 11.5 Å². The van der Waals surface area contributed by atoms with E-state index < -0.39 is 5.92 Å². The maximum Gasteiger partial charge on any atom is 0.279 e. The van der Waals surface area contributed by atoms with Gasteiger partial charge in [0, 0.05) is 25.1 Å². The third-order valence-corrected chi connectivity index (χ3v) is 5.61. The highest BCUT2D eigenvalue weighted by Crippen LogP contribution is 2.39. The Labute approximate surface area is 174 Å². The van der Waals surface area contributed by atoms with Gasteiger partial charge in [-0.2, -0.15) is 4.98 Å². The van der Waals surface area contributed by atoms with Crippen molar-refractivity contribution in [2.75, 3.05) is 18.2 Å². The van der Waals surface area contributed by atoms with Crippen LogP contribution in [0.3, 0.4) is 0 Å². The second kappa shape index (κ2) is 8.73. The van der Waals surface area contributed by atoms with Gasteiger partial charge in [-0.1, -0.05) is 23.9 Å². The van der Waals surface area contributed by atoms with Crippen molar-refractivity contribution in [2.24, 2.45) is 7.05 Å². The van der Waals surface area contributed by atoms with E-state index in [-0.39, 0.29) is 24.0 Å². The molecule has 29 heavy (non-hydrogen) atoms. The van der Waals surface area contributed by atoms with Crippen molar-refractivity contribution < 1.29 is 14.3 Å². The summed E-state index contributed by atoms with van der Waals surface area (Å²) < 4.78 is 13.0. The van der Waals surface area contributed by atoms with Crippen LogP contribution in [0, 0.1) is 0 Å². The zero-order chi connectivity index (χ0) is 21.1. The van der Waals surface area contributed by atoms with Crippen molar-refractivity contribution in [1.82, 2.24) is 9.55 Å². The van der Waals surface area contributed by atoms with E-state index in [0.29, 0.717) is 33.8 Å². The van der Waals surface area contributed by atoms with Gasteiger partial charge in [-0.25, -0.2) is 0 Å². The molecule has 7 nitrogen and oxygen atoms in total. The van der Waals surface area contributed by atoms with E-state index >= 15 is 0 Å². The van der Waals surface area contributed by atoms with Gasteiger partial charge in [0.1, 0.15) is 5.82 Å². The van der Waals surface area contributed by atoms with Crippen LogP contribution >= 0.6 is 11.8 Å². The molecule has 1 aliphatic heterocycles. The van der Waals surface area contributed by atoms with E-state index in [1.54, 1.807) is 24.8 Å². The Kier molecular flexibility index (Phi) is 6.32. The first-order chi connectivity index (χ1) is 13.8. The van der Waals surface area contributed by atoms with Gasteiger partial charge < -0.3 is 19.4 Å². The van der Waals surface area contributed by atoms with Gasteiger partial charge in [0.2, 0.25) is 5.91 Å². The summed E-state index contributed by atoms with van der Waals surface area (Å²) in [5, 5.41) is 3.38. The summed E-state index contributed by atoms with van der Waals surface area (Å²) in [5.74, 6) is 1.72. The molecule has 3 rings (SSSR count). The molecule has 0 radical (unpaired) electrons. The highest BCUT2D eigenvalue weighted by atomic mass is 32.2. The second-order valence-electron chi connectivity index (χ2n) is 7.00. The van der Waals surface area contributed by atoms with E-state index in [4.69, 9.17) is 9.47 Å². The molecule has 154 valence electrons. The van der Waals surface area contributed by atoms with Gasteiger partial charge in [-0.15, -0.1) is 6.58 Å². The average Bonchev–Trinajstić information content (AvgIpc) is 2.68. The first-order valence-electron chi connectivity index (χ1n) is 9.34. The Hall–Kier alpha value is -2.74. The molecule has 0 aliphatic carbocycles. The quantitative estimate of drug-likeness (QED) is 0.424. The number of ether oxygens (including phenoxy) is 2. The number of methoxy groups -OCH3 is 1. The predicted molar refractivity (Wildman–Crippen MR) is 114 cm³/mol. The summed E-state index contributed by atoms with van der Waals surface area (Å²) in [6.07, 6.45) is 1.90. The van der Waals surface area contributed by atoms with E-state index in [9.17, 15) is 9.59 Å². The number of benzene rings is 1. The zero-order valence-corrected chi connectivity index (χ0v) is 17.8. The van der Waals surface area contributed by atoms with Crippen LogP contribution in [-0.2, 0) is 11.8 Å². The van der Waals surface area contributed by atoms with E-state index in [1.165, 1.54) is 11.8 Å². The first kappa shape index (κ1) is 21.0. The number of anilines is 1. The molecular formula is C21H25N3O4S. The molecule has 0 saturated carbocycles. The van der Waals surface area contributed by atoms with Gasteiger partial charge in [0.15, 0.2) is 16.7 Å². The van der Waals surface area contributed by atoms with Gasteiger partial charge in [0.05, 0.1) is 18.8 Å². The summed E-state index contributed by atoms with van der Waals surface area (Å²) in [7, 11) is 3.36. The molecule has 0 saturated heterocycles. The largest absolute Gasteiger partial charge is 0.493 e. The SMILES string of the molecule is C=CCSc1nc(=O)c2c(n1C)NC(=O)C[C@H]2c1ccc(OC(C)C)c(OC)c1. The highest BCUT2D eigenvalue weighted by molar-refractivity contribution is 7.99. The van der Waals surface area contributed by atoms with Crippen molar-refractivity contribution in [2.45, 2.75) is 37.4 Å². The minimum atomic E-state index is -0.412. The molecule has 2 aromatic rings. The first-order valence-corrected chi connectivity index (χ1v) is 10.3. The normalized spacial score (nSPS) is 15.6. The fraction of sp³-hybridized carbons (Fsp3) is 0.381. The van der Waals surface area contributed by atoms with Crippen molar-refractivity contribution >= 4 is 23.5 Å². The van der Waals surface area contributed by atoms with Crippen molar-refractivity contribution in [3.63, 3.8) is 0 Å². The Morgan fingerprint density at radius 3 is 2.79 bits per heavy atom. The van der Waals surface area contributed by atoms with Gasteiger partial charge in [0.25, 0.3) is 5.56 Å². The number of fused-ring (bicyclic) bond motifs is 1. The Morgan fingerprint density at radius 1 is 1.38 bits per heavy atom. The third kappa shape index (κ3) is 4.32. The topological polar surface area (TPSA) is 82.5 Å². The Bertz CT molecular complexity index is 1000. The minimum Gasteiger partial charge on any atom is -0.493 e. The maximum atomic E-state index is 12.9. The number of nitrogens with one attached hydrogen (secondary N) is 1. The molecule has 2 heterocycles. The van der Waals surface area contributed by atoms with Crippen LogP contribution < -0.4 is 20.3 Å². The number of nitrogens with zero attached hydrogens (tertiary/aromatic N) is 2. The lowest BCUT2D eigenvalue weighted by atomic mass is 9.86. The molecule has 0 bridgehead atoms. The third-order valence-electron chi connectivity index (χ3n) is 4.58. The molecule has 1 atom stereocenters. The fourth-order valence-electron chi connectivity index (χ4n) is 3.33. The summed E-state index contributed by atoms with van der Waals surface area (Å²) >= 11 is 1.39. The number of hydrogen-bond acceptors (Lipinski definition) is 6. The lowest BCUT2D eigenvalue weighted by Gasteiger charge is -2.28. The lowest BCUT2D eigenvalue weighted by Crippen LogP contribution is -2.33. The van der Waals surface area contributed by atoms with Crippen molar-refractivity contribution in [3.05, 3.63) is 52.3 Å². The molecular weight excluding hydrogens is 390 g/mol. The van der Waals surface area contributed by atoms with E-state index in [1.807, 2.05) is 32.0 Å². The van der Waals surface area contributed by atoms with Crippen LogP contribution in [0.1, 0.15) is 37.3 Å². The molecule has 0 spiro atoms. The standard InChI is InChI=1S/C21H25N3O4S/c1-6-9-29-21-23-20(26)18-14(11-17(25)22-19(18)24(21)4)13-7-8-15(28-12(2)3)16(10-13)27-5/h6-8,10,12,14H,1,9,11H2,2-5H3,(H,22,25)/t14-/m0/s1. The molecule has 8 heteroatoms. The molecule has 1 aromatic heterocycles. The van der Waals surface area contributed by atoms with Crippen LogP contribution in [-0.4, -0.2) is 34.4 Å². The van der Waals surface area contributed by atoms with E-state index in [0.717, 1.165) is 5.56 Å². The summed E-state index contributed by atoms with van der Waals surface area (Å²) in [6, 6.07) is 5.50. The Morgan fingerprint density at radius 2 is 2.14 bits per heavy atom. The summed E-state index contributed by atoms with van der Waals surface area (Å²) in [5.41, 5.74) is 0.949. The van der Waals surface area contributed by atoms with Crippen LogP contribution in [0.15, 0.2) is 40.8 Å².